The van der Waals surface area contributed by atoms with E-state index in [1.54, 1.807) is 26.3 Å². The minimum atomic E-state index is -0.130. The van der Waals surface area contributed by atoms with E-state index in [1.165, 1.54) is 15.9 Å². The van der Waals surface area contributed by atoms with Gasteiger partial charge >= 0.3 is 0 Å². The van der Waals surface area contributed by atoms with Crippen molar-refractivity contribution in [1.29, 1.82) is 0 Å². The van der Waals surface area contributed by atoms with Crippen molar-refractivity contribution >= 4 is 57.5 Å². The van der Waals surface area contributed by atoms with Gasteiger partial charge in [-0.2, -0.15) is 0 Å². The van der Waals surface area contributed by atoms with E-state index in [-0.39, 0.29) is 17.5 Å². The molecule has 35 heavy (non-hydrogen) atoms. The van der Waals surface area contributed by atoms with Gasteiger partial charge in [0.15, 0.2) is 4.34 Å². The predicted octanol–water partition coefficient (Wildman–Crippen LogP) is 4.73. The van der Waals surface area contributed by atoms with Crippen molar-refractivity contribution in [3.63, 3.8) is 0 Å². The maximum absolute atomic E-state index is 12.5. The number of nitrogens with one attached hydrogen (secondary N) is 1. The van der Waals surface area contributed by atoms with Crippen molar-refractivity contribution in [2.45, 2.75) is 11.3 Å². The molecule has 0 saturated carbocycles. The summed E-state index contributed by atoms with van der Waals surface area (Å²) in [6, 6.07) is 15.2. The fourth-order valence-electron chi connectivity index (χ4n) is 3.59. The van der Waals surface area contributed by atoms with Gasteiger partial charge in [-0.05, 0) is 43.0 Å². The third kappa shape index (κ3) is 4.68. The van der Waals surface area contributed by atoms with E-state index >= 15 is 0 Å². The molecule has 0 fully saturated rings. The summed E-state index contributed by atoms with van der Waals surface area (Å²) in [6.45, 7) is 1.87. The van der Waals surface area contributed by atoms with Crippen LogP contribution in [0.1, 0.15) is 17.1 Å². The summed E-state index contributed by atoms with van der Waals surface area (Å²) in [4.78, 5) is 21.4. The van der Waals surface area contributed by atoms with Crippen molar-refractivity contribution in [2.75, 3.05) is 19.0 Å². The molecule has 9 nitrogen and oxygen atoms in total. The Balaban J connectivity index is 1.30. The van der Waals surface area contributed by atoms with Crippen LogP contribution in [0.3, 0.4) is 0 Å². The summed E-state index contributed by atoms with van der Waals surface area (Å²) in [5.41, 5.74) is 3.86. The van der Waals surface area contributed by atoms with Crippen LogP contribution >= 0.6 is 23.1 Å². The average Bonchev–Trinajstić information content (AvgIpc) is 3.56. The molecule has 0 unspecified atom stereocenters. The normalized spacial score (nSPS) is 13.3. The lowest BCUT2D eigenvalue weighted by Crippen LogP contribution is -2.10. The van der Waals surface area contributed by atoms with Gasteiger partial charge in [-0.25, -0.2) is 9.55 Å². The number of benzene rings is 2. The second kappa shape index (κ2) is 9.72. The number of carbonyl (C=O) groups is 1. The predicted molar refractivity (Wildman–Crippen MR) is 138 cm³/mol. The zero-order valence-electron chi connectivity index (χ0n) is 18.8. The van der Waals surface area contributed by atoms with E-state index in [0.717, 1.165) is 34.3 Å². The smallest absolute Gasteiger partial charge is 0.225 e. The second-order valence-electron chi connectivity index (χ2n) is 7.46. The highest BCUT2D eigenvalue weighted by atomic mass is 32.2. The van der Waals surface area contributed by atoms with Gasteiger partial charge < -0.3 is 15.2 Å². The number of rotatable bonds is 7. The molecular weight excluding hydrogens is 484 g/mol. The fraction of sp³-hybridized carbons (Fsp3) is 0.125. The minimum Gasteiger partial charge on any atom is -0.495 e. The largest absolute Gasteiger partial charge is 0.495 e. The Labute approximate surface area is 209 Å². The number of hydrogen-bond acceptors (Lipinski definition) is 10. The SMILES string of the molecule is COc1ccccc1NCC(=O)Sc1nnc(-n2c(C)nc(/C=C3\C=Nc4ccccc43)c2O)s1. The molecule has 0 aliphatic carbocycles. The molecule has 3 heterocycles. The Morgan fingerprint density at radius 3 is 2.86 bits per heavy atom. The van der Waals surface area contributed by atoms with Crippen LogP contribution in [0.5, 0.6) is 11.6 Å². The van der Waals surface area contributed by atoms with E-state index in [0.29, 0.717) is 26.7 Å². The first-order chi connectivity index (χ1) is 17.0. The number of allylic oxidation sites excluding steroid dienone is 1. The van der Waals surface area contributed by atoms with Gasteiger partial charge in [-0.15, -0.1) is 10.2 Å². The number of aryl methyl sites for hydroxylation is 1. The average molecular weight is 505 g/mol. The molecule has 2 aromatic carbocycles. The Kier molecular flexibility index (Phi) is 6.34. The second-order valence-corrected chi connectivity index (χ2v) is 9.72. The lowest BCUT2D eigenvalue weighted by molar-refractivity contribution is -0.109. The van der Waals surface area contributed by atoms with Gasteiger partial charge in [0.2, 0.25) is 16.1 Å². The molecule has 5 rings (SSSR count). The topological polar surface area (TPSA) is 115 Å². The molecule has 4 aromatic rings. The Morgan fingerprint density at radius 2 is 2.00 bits per heavy atom. The highest BCUT2D eigenvalue weighted by Gasteiger charge is 2.20. The Bertz CT molecular complexity index is 1470. The Hall–Kier alpha value is -3.96. The van der Waals surface area contributed by atoms with Crippen LogP contribution in [0.4, 0.5) is 11.4 Å². The molecule has 0 amide bonds. The van der Waals surface area contributed by atoms with Gasteiger partial charge in [0.1, 0.15) is 17.3 Å². The molecule has 0 bridgehead atoms. The number of aromatic nitrogens is 4. The van der Waals surface area contributed by atoms with Gasteiger partial charge in [0.25, 0.3) is 0 Å². The quantitative estimate of drug-likeness (QED) is 0.347. The summed E-state index contributed by atoms with van der Waals surface area (Å²) < 4.78 is 7.27. The van der Waals surface area contributed by atoms with Gasteiger partial charge in [-0.1, -0.05) is 41.7 Å². The zero-order valence-corrected chi connectivity index (χ0v) is 20.4. The van der Waals surface area contributed by atoms with Gasteiger partial charge in [0, 0.05) is 17.4 Å². The number of para-hydroxylation sites is 3. The Morgan fingerprint density at radius 1 is 1.20 bits per heavy atom. The highest BCUT2D eigenvalue weighted by Crippen LogP contribution is 2.35. The van der Waals surface area contributed by atoms with Crippen molar-refractivity contribution in [2.24, 2.45) is 4.99 Å². The third-order valence-corrected chi connectivity index (χ3v) is 7.05. The molecule has 11 heteroatoms. The van der Waals surface area contributed by atoms with Crippen LogP contribution in [0.25, 0.3) is 16.8 Å². The molecule has 0 saturated heterocycles. The summed E-state index contributed by atoms with van der Waals surface area (Å²) in [5.74, 6) is 1.16. The van der Waals surface area contributed by atoms with Crippen LogP contribution in [0, 0.1) is 6.92 Å². The fourth-order valence-corrected chi connectivity index (χ4v) is 5.31. The maximum atomic E-state index is 12.5. The van der Waals surface area contributed by atoms with Crippen LogP contribution in [-0.4, -0.2) is 49.8 Å². The van der Waals surface area contributed by atoms with Crippen molar-refractivity contribution < 1.29 is 14.6 Å². The zero-order chi connectivity index (χ0) is 24.4. The standard InChI is InChI=1S/C24H20N6O3S2/c1-14-27-19(11-15-12-25-17-8-4-3-7-16(15)17)22(32)30(14)23-28-29-24(35-23)34-21(31)13-26-18-9-5-6-10-20(18)33-2/h3-12,26,32H,13H2,1-2H3/b15-11+. The number of ether oxygens (including phenoxy) is 1. The third-order valence-electron chi connectivity index (χ3n) is 5.22. The first kappa shape index (κ1) is 22.8. The minimum absolute atomic E-state index is 0.0513. The van der Waals surface area contributed by atoms with Crippen LogP contribution in [-0.2, 0) is 4.79 Å². The van der Waals surface area contributed by atoms with Gasteiger partial charge in [-0.3, -0.25) is 9.79 Å². The summed E-state index contributed by atoms with van der Waals surface area (Å²) >= 11 is 2.19. The monoisotopic (exact) mass is 504 g/mol. The number of imidazole rings is 1. The molecule has 0 spiro atoms. The molecule has 2 N–H and O–H groups in total. The van der Waals surface area contributed by atoms with Crippen LogP contribution < -0.4 is 10.1 Å². The molecule has 1 aliphatic heterocycles. The van der Waals surface area contributed by atoms with E-state index < -0.39 is 0 Å². The number of nitrogens with zero attached hydrogens (tertiary/aromatic N) is 5. The first-order valence-corrected chi connectivity index (χ1v) is 12.2. The maximum Gasteiger partial charge on any atom is 0.225 e. The van der Waals surface area contributed by atoms with E-state index in [9.17, 15) is 9.90 Å². The lowest BCUT2D eigenvalue weighted by Gasteiger charge is -2.09. The molecule has 2 aromatic heterocycles. The van der Waals surface area contributed by atoms with E-state index in [2.05, 4.69) is 25.5 Å². The lowest BCUT2D eigenvalue weighted by atomic mass is 10.1. The number of thioether (sulfide) groups is 1. The van der Waals surface area contributed by atoms with Crippen molar-refractivity contribution in [3.05, 3.63) is 65.6 Å². The van der Waals surface area contributed by atoms with Crippen molar-refractivity contribution in [3.8, 4) is 16.8 Å². The molecule has 0 atom stereocenters. The highest BCUT2D eigenvalue weighted by molar-refractivity contribution is 8.15. The van der Waals surface area contributed by atoms with Gasteiger partial charge in [0.05, 0.1) is 25.0 Å². The number of aromatic hydroxyl groups is 1. The molecule has 176 valence electrons. The number of hydrogen-bond donors (Lipinski definition) is 2. The molecule has 1 aliphatic rings. The number of anilines is 1. The van der Waals surface area contributed by atoms with E-state index in [1.807, 2.05) is 48.5 Å². The van der Waals surface area contributed by atoms with Crippen molar-refractivity contribution in [1.82, 2.24) is 19.7 Å². The van der Waals surface area contributed by atoms with Crippen LogP contribution in [0.15, 0.2) is 57.9 Å². The number of aliphatic imine (C=N–C) groups is 1. The number of fused-ring (bicyclic) bond motifs is 1. The summed E-state index contributed by atoms with van der Waals surface area (Å²) in [5, 5.41) is 22.5. The first-order valence-electron chi connectivity index (χ1n) is 10.6. The number of methoxy groups -OCH3 is 1. The van der Waals surface area contributed by atoms with Crippen LogP contribution in [0.2, 0.25) is 0 Å². The van der Waals surface area contributed by atoms with E-state index in [4.69, 9.17) is 4.74 Å². The summed E-state index contributed by atoms with van der Waals surface area (Å²) in [6.07, 6.45) is 3.54. The molecule has 0 radical (unpaired) electrons. The number of carbonyl (C=O) groups excluding carboxylic acids is 1. The molecular formula is C24H20N6O3S2. The summed E-state index contributed by atoms with van der Waals surface area (Å²) in [7, 11) is 1.58.